The van der Waals surface area contributed by atoms with Gasteiger partial charge in [-0.1, -0.05) is 50.2 Å². The van der Waals surface area contributed by atoms with Gasteiger partial charge in [0.1, 0.15) is 11.5 Å². The number of ketones is 1. The van der Waals surface area contributed by atoms with Crippen molar-refractivity contribution in [2.45, 2.75) is 32.2 Å². The molecule has 1 saturated heterocycles. The van der Waals surface area contributed by atoms with E-state index in [1.54, 1.807) is 29.2 Å². The first-order valence-electron chi connectivity index (χ1n) is 10.9. The molecule has 1 atom stereocenters. The Morgan fingerprint density at radius 3 is 2.34 bits per heavy atom. The first-order valence-corrected chi connectivity index (χ1v) is 10.9. The van der Waals surface area contributed by atoms with Crippen LogP contribution in [0.3, 0.4) is 0 Å². The number of aliphatic hydroxyl groups excluding tert-OH is 1. The lowest BCUT2D eigenvalue weighted by molar-refractivity contribution is -0.139. The molecule has 6 heteroatoms. The molecule has 170 valence electrons. The first-order chi connectivity index (χ1) is 15.3. The average Bonchev–Trinajstić information content (AvgIpc) is 3.03. The number of hydrogen-bond acceptors (Lipinski definition) is 5. The van der Waals surface area contributed by atoms with Crippen molar-refractivity contribution in [3.05, 3.63) is 70.8 Å². The van der Waals surface area contributed by atoms with Crippen LogP contribution in [0.25, 0.3) is 5.76 Å². The van der Waals surface area contributed by atoms with E-state index in [0.717, 1.165) is 18.5 Å². The van der Waals surface area contributed by atoms with E-state index < -0.39 is 17.7 Å². The van der Waals surface area contributed by atoms with E-state index in [-0.39, 0.29) is 11.3 Å². The van der Waals surface area contributed by atoms with Crippen LogP contribution in [0.1, 0.15) is 48.9 Å². The molecule has 1 amide bonds. The molecular weight excluding hydrogens is 404 g/mol. The Labute approximate surface area is 190 Å². The van der Waals surface area contributed by atoms with Gasteiger partial charge in [-0.3, -0.25) is 9.59 Å². The summed E-state index contributed by atoms with van der Waals surface area (Å²) < 4.78 is 5.38. The number of para-hydroxylation sites is 1. The number of rotatable bonds is 8. The Morgan fingerprint density at radius 1 is 1.09 bits per heavy atom. The largest absolute Gasteiger partial charge is 0.507 e. The van der Waals surface area contributed by atoms with Crippen LogP contribution >= 0.6 is 0 Å². The smallest absolute Gasteiger partial charge is 0.295 e. The fourth-order valence-corrected chi connectivity index (χ4v) is 4.06. The number of Topliss-reactive ketones (excluding diaryl/α,β-unsaturated/α-hetero) is 1. The van der Waals surface area contributed by atoms with Crippen molar-refractivity contribution in [3.8, 4) is 5.75 Å². The molecule has 0 radical (unpaired) electrons. The summed E-state index contributed by atoms with van der Waals surface area (Å²) in [6.45, 7) is 5.44. The first kappa shape index (κ1) is 23.5. The standard InChI is InChI=1S/C26H32N2O4/c1-17(2)18-11-13-19(14-12-18)23-22(24(29)20-9-6-7-10-21(20)32-5)25(30)26(31)28(23)16-8-15-27(3)4/h6-7,9-14,17,23,29H,8,15-16H2,1-5H3/b24-22-. The van der Waals surface area contributed by atoms with Crippen molar-refractivity contribution in [3.63, 3.8) is 0 Å². The topological polar surface area (TPSA) is 70.1 Å². The van der Waals surface area contributed by atoms with Gasteiger partial charge in [-0.05, 0) is 56.2 Å². The molecule has 1 heterocycles. The number of aliphatic hydroxyl groups is 1. The predicted molar refractivity (Wildman–Crippen MR) is 126 cm³/mol. The third-order valence-corrected chi connectivity index (χ3v) is 5.83. The van der Waals surface area contributed by atoms with Gasteiger partial charge in [-0.15, -0.1) is 0 Å². The van der Waals surface area contributed by atoms with Crippen LogP contribution in [-0.4, -0.2) is 60.9 Å². The third kappa shape index (κ3) is 4.70. The summed E-state index contributed by atoms with van der Waals surface area (Å²) in [6, 6.07) is 14.2. The minimum absolute atomic E-state index is 0.0988. The van der Waals surface area contributed by atoms with E-state index in [9.17, 15) is 14.7 Å². The van der Waals surface area contributed by atoms with Gasteiger partial charge >= 0.3 is 0 Å². The summed E-state index contributed by atoms with van der Waals surface area (Å²) in [5.41, 5.74) is 2.46. The molecule has 0 bridgehead atoms. The number of likely N-dealkylation sites (tertiary alicyclic amines) is 1. The second-order valence-corrected chi connectivity index (χ2v) is 8.67. The van der Waals surface area contributed by atoms with Crippen molar-refractivity contribution >= 4 is 17.4 Å². The molecule has 1 fully saturated rings. The number of hydrogen-bond donors (Lipinski definition) is 1. The van der Waals surface area contributed by atoms with E-state index in [4.69, 9.17) is 4.74 Å². The number of ether oxygens (including phenoxy) is 1. The van der Waals surface area contributed by atoms with Crippen LogP contribution in [0.15, 0.2) is 54.1 Å². The highest BCUT2D eigenvalue weighted by Gasteiger charge is 2.46. The summed E-state index contributed by atoms with van der Waals surface area (Å²) in [4.78, 5) is 29.8. The number of methoxy groups -OCH3 is 1. The minimum atomic E-state index is -0.670. The zero-order valence-electron chi connectivity index (χ0n) is 19.5. The summed E-state index contributed by atoms with van der Waals surface area (Å²) in [5, 5.41) is 11.2. The SMILES string of the molecule is COc1ccccc1/C(O)=C1/C(=O)C(=O)N(CCCN(C)C)C1c1ccc(C(C)C)cc1. The summed E-state index contributed by atoms with van der Waals surface area (Å²) in [5.74, 6) is -0.662. The summed E-state index contributed by atoms with van der Waals surface area (Å²) in [7, 11) is 5.45. The molecule has 3 rings (SSSR count). The van der Waals surface area contributed by atoms with Crippen molar-refractivity contribution in [2.75, 3.05) is 34.3 Å². The van der Waals surface area contributed by atoms with Gasteiger partial charge in [0, 0.05) is 6.54 Å². The number of amides is 1. The molecule has 2 aromatic carbocycles. The molecule has 1 unspecified atom stereocenters. The normalized spacial score (nSPS) is 18.1. The van der Waals surface area contributed by atoms with E-state index in [1.807, 2.05) is 43.3 Å². The van der Waals surface area contributed by atoms with Gasteiger partial charge < -0.3 is 19.6 Å². The monoisotopic (exact) mass is 436 g/mol. The molecule has 1 N–H and O–H groups in total. The van der Waals surface area contributed by atoms with E-state index in [2.05, 4.69) is 13.8 Å². The van der Waals surface area contributed by atoms with E-state index in [0.29, 0.717) is 23.8 Å². The third-order valence-electron chi connectivity index (χ3n) is 5.83. The molecule has 2 aromatic rings. The van der Waals surface area contributed by atoms with E-state index >= 15 is 0 Å². The van der Waals surface area contributed by atoms with Crippen molar-refractivity contribution < 1.29 is 19.4 Å². The Morgan fingerprint density at radius 2 is 1.75 bits per heavy atom. The molecule has 1 aliphatic rings. The minimum Gasteiger partial charge on any atom is -0.507 e. The van der Waals surface area contributed by atoms with Gasteiger partial charge in [0.25, 0.3) is 11.7 Å². The Hall–Kier alpha value is -3.12. The average molecular weight is 437 g/mol. The van der Waals surface area contributed by atoms with E-state index in [1.165, 1.54) is 12.7 Å². The molecule has 32 heavy (non-hydrogen) atoms. The van der Waals surface area contributed by atoms with Crippen LogP contribution in [0.5, 0.6) is 5.75 Å². The van der Waals surface area contributed by atoms with Crippen LogP contribution in [0.2, 0.25) is 0 Å². The maximum absolute atomic E-state index is 13.1. The Balaban J connectivity index is 2.12. The number of benzene rings is 2. The highest BCUT2D eigenvalue weighted by Crippen LogP contribution is 2.41. The van der Waals surface area contributed by atoms with Gasteiger partial charge in [-0.2, -0.15) is 0 Å². The second kappa shape index (κ2) is 10.0. The summed E-state index contributed by atoms with van der Waals surface area (Å²) in [6.07, 6.45) is 0.718. The molecule has 0 aromatic heterocycles. The molecule has 0 spiro atoms. The van der Waals surface area contributed by atoms with Crippen molar-refractivity contribution in [2.24, 2.45) is 0 Å². The van der Waals surface area contributed by atoms with Crippen LogP contribution < -0.4 is 4.74 Å². The maximum Gasteiger partial charge on any atom is 0.295 e. The predicted octanol–water partition coefficient (Wildman–Crippen LogP) is 4.19. The van der Waals surface area contributed by atoms with Crippen LogP contribution in [0, 0.1) is 0 Å². The number of nitrogens with zero attached hydrogens (tertiary/aromatic N) is 2. The van der Waals surface area contributed by atoms with Crippen molar-refractivity contribution in [1.29, 1.82) is 0 Å². The highest BCUT2D eigenvalue weighted by atomic mass is 16.5. The fourth-order valence-electron chi connectivity index (χ4n) is 4.06. The molecule has 1 aliphatic heterocycles. The number of carbonyl (C=O) groups excluding carboxylic acids is 2. The highest BCUT2D eigenvalue weighted by molar-refractivity contribution is 6.46. The van der Waals surface area contributed by atoms with Gasteiger partial charge in [0.05, 0.1) is 24.3 Å². The maximum atomic E-state index is 13.1. The van der Waals surface area contributed by atoms with Gasteiger partial charge in [-0.25, -0.2) is 0 Å². The Kier molecular flexibility index (Phi) is 7.36. The van der Waals surface area contributed by atoms with Crippen LogP contribution in [-0.2, 0) is 9.59 Å². The summed E-state index contributed by atoms with van der Waals surface area (Å²) >= 11 is 0. The lowest BCUT2D eigenvalue weighted by Gasteiger charge is -2.26. The molecule has 0 saturated carbocycles. The quantitative estimate of drug-likeness (QED) is 0.382. The van der Waals surface area contributed by atoms with Gasteiger partial charge in [0.2, 0.25) is 0 Å². The Bertz CT molecular complexity index is 1010. The zero-order chi connectivity index (χ0) is 23.4. The fraction of sp³-hybridized carbons (Fsp3) is 0.385. The van der Waals surface area contributed by atoms with Gasteiger partial charge in [0.15, 0.2) is 0 Å². The molecule has 6 nitrogen and oxygen atoms in total. The van der Waals surface area contributed by atoms with Crippen LogP contribution in [0.4, 0.5) is 0 Å². The second-order valence-electron chi connectivity index (χ2n) is 8.67. The number of carbonyl (C=O) groups is 2. The molecular formula is C26H32N2O4. The van der Waals surface area contributed by atoms with Crippen molar-refractivity contribution in [1.82, 2.24) is 9.80 Å². The lowest BCUT2D eigenvalue weighted by atomic mass is 9.93. The molecule has 0 aliphatic carbocycles. The lowest BCUT2D eigenvalue weighted by Crippen LogP contribution is -2.32. The zero-order valence-corrected chi connectivity index (χ0v) is 19.5.